The summed E-state index contributed by atoms with van der Waals surface area (Å²) in [5.74, 6) is 0. The quantitative estimate of drug-likeness (QED) is 0.623. The molecule has 2 aromatic rings. The van der Waals surface area contributed by atoms with Gasteiger partial charge in [-0.25, -0.2) is 0 Å². The third-order valence-electron chi connectivity index (χ3n) is 1.42. The zero-order valence-electron chi connectivity index (χ0n) is 5.94. The molecule has 0 fully saturated rings. The Kier molecular flexibility index (Phi) is 2.63. The second kappa shape index (κ2) is 3.33. The number of para-hydroxylation sites is 1. The van der Waals surface area contributed by atoms with Gasteiger partial charge in [0.25, 0.3) is 0 Å². The van der Waals surface area contributed by atoms with E-state index in [1.165, 1.54) is 4.68 Å². The molecule has 0 N–H and O–H groups in total. The van der Waals surface area contributed by atoms with Gasteiger partial charge >= 0.3 is 0 Å². The first kappa shape index (κ1) is 8.69. The van der Waals surface area contributed by atoms with E-state index in [2.05, 4.69) is 17.4 Å². The summed E-state index contributed by atoms with van der Waals surface area (Å²) in [4.78, 5) is 0. The first-order valence-electron chi connectivity index (χ1n) is 2.99. The average molecular weight is 221 g/mol. The van der Waals surface area contributed by atoms with Crippen molar-refractivity contribution in [1.82, 2.24) is 15.0 Å². The summed E-state index contributed by atoms with van der Waals surface area (Å²) in [5, 5.41) is 7.62. The van der Waals surface area contributed by atoms with Gasteiger partial charge in [-0.05, 0) is 0 Å². The van der Waals surface area contributed by atoms with Crippen molar-refractivity contribution in [3.8, 4) is 0 Å². The molecule has 1 aromatic carbocycles. The fraction of sp³-hybridized carbons (Fsp3) is 0. The number of fused-ring (bicyclic) bond motifs is 1. The van der Waals surface area contributed by atoms with Crippen LogP contribution in [0.2, 0.25) is 0 Å². The van der Waals surface area contributed by atoms with E-state index in [9.17, 15) is 0 Å². The van der Waals surface area contributed by atoms with Crippen molar-refractivity contribution in [3.05, 3.63) is 31.3 Å². The second-order valence-electron chi connectivity index (χ2n) is 2.08. The number of hydrogen-bond donors (Lipinski definition) is 0. The largest absolute Gasteiger partial charge is 0.381 e. The molecular formula is C7H6N3Y-. The Labute approximate surface area is 89.7 Å². The summed E-state index contributed by atoms with van der Waals surface area (Å²) < 4.78 is 1.51. The molecule has 0 saturated heterocycles. The molecule has 3 nitrogen and oxygen atoms in total. The van der Waals surface area contributed by atoms with Gasteiger partial charge in [0, 0.05) is 38.2 Å². The van der Waals surface area contributed by atoms with Crippen LogP contribution in [0.15, 0.2) is 24.3 Å². The van der Waals surface area contributed by atoms with E-state index in [4.69, 9.17) is 0 Å². The smallest absolute Gasteiger partial charge is 0.0313 e. The summed E-state index contributed by atoms with van der Waals surface area (Å²) in [6.45, 7) is 0. The molecule has 53 valence electrons. The molecule has 4 heteroatoms. The molecule has 0 aliphatic carbocycles. The van der Waals surface area contributed by atoms with Gasteiger partial charge in [0.15, 0.2) is 0 Å². The second-order valence-corrected chi connectivity index (χ2v) is 2.08. The van der Waals surface area contributed by atoms with Crippen molar-refractivity contribution < 1.29 is 32.7 Å². The number of hydrogen-bond acceptors (Lipinski definition) is 2. The SMILES string of the molecule is [CH2-]n1nnc2ccccc21.[Y]. The van der Waals surface area contributed by atoms with Crippen LogP contribution in [0.25, 0.3) is 11.0 Å². The molecule has 0 aliphatic rings. The number of benzene rings is 1. The summed E-state index contributed by atoms with van der Waals surface area (Å²) in [5.41, 5.74) is 1.85. The van der Waals surface area contributed by atoms with Crippen molar-refractivity contribution in [2.45, 2.75) is 0 Å². The van der Waals surface area contributed by atoms with E-state index in [0.29, 0.717) is 0 Å². The fourth-order valence-corrected chi connectivity index (χ4v) is 0.917. The van der Waals surface area contributed by atoms with Crippen molar-refractivity contribution in [2.24, 2.45) is 0 Å². The number of rotatable bonds is 0. The van der Waals surface area contributed by atoms with Crippen LogP contribution < -0.4 is 0 Å². The van der Waals surface area contributed by atoms with Crippen LogP contribution in [-0.2, 0) is 32.7 Å². The molecule has 1 aromatic heterocycles. The molecule has 0 spiro atoms. The van der Waals surface area contributed by atoms with Gasteiger partial charge in [-0.15, -0.1) is 6.07 Å². The van der Waals surface area contributed by atoms with Gasteiger partial charge in [0.2, 0.25) is 0 Å². The fourth-order valence-electron chi connectivity index (χ4n) is 0.917. The van der Waals surface area contributed by atoms with Crippen LogP contribution >= 0.6 is 0 Å². The van der Waals surface area contributed by atoms with E-state index in [-0.39, 0.29) is 32.7 Å². The average Bonchev–Trinajstić information content (AvgIpc) is 2.34. The van der Waals surface area contributed by atoms with Crippen molar-refractivity contribution in [2.75, 3.05) is 0 Å². The van der Waals surface area contributed by atoms with Gasteiger partial charge in [0.1, 0.15) is 0 Å². The topological polar surface area (TPSA) is 30.7 Å². The monoisotopic (exact) mass is 221 g/mol. The maximum Gasteiger partial charge on any atom is 0.0313 e. The van der Waals surface area contributed by atoms with Gasteiger partial charge in [-0.1, -0.05) is 28.9 Å². The van der Waals surface area contributed by atoms with Crippen LogP contribution in [0, 0.1) is 7.05 Å². The summed E-state index contributed by atoms with van der Waals surface area (Å²) in [7, 11) is 3.65. The Hall–Kier alpha value is -0.406. The van der Waals surface area contributed by atoms with Crippen molar-refractivity contribution in [1.29, 1.82) is 0 Å². The maximum atomic E-state index is 3.87. The molecule has 0 unspecified atom stereocenters. The van der Waals surface area contributed by atoms with Crippen LogP contribution in [0.1, 0.15) is 0 Å². The van der Waals surface area contributed by atoms with Crippen LogP contribution in [0.5, 0.6) is 0 Å². The van der Waals surface area contributed by atoms with Crippen molar-refractivity contribution >= 4 is 11.0 Å². The van der Waals surface area contributed by atoms with E-state index >= 15 is 0 Å². The minimum atomic E-state index is 0. The molecule has 0 aliphatic heterocycles. The molecule has 0 bridgehead atoms. The molecule has 0 atom stereocenters. The zero-order chi connectivity index (χ0) is 6.97. The Morgan fingerprint density at radius 3 is 2.73 bits per heavy atom. The predicted octanol–water partition coefficient (Wildman–Crippen LogP) is 1.07. The molecule has 1 radical (unpaired) electrons. The minimum Gasteiger partial charge on any atom is -0.381 e. The van der Waals surface area contributed by atoms with Crippen LogP contribution in [-0.4, -0.2) is 15.0 Å². The molecule has 11 heavy (non-hydrogen) atoms. The van der Waals surface area contributed by atoms with Gasteiger partial charge in [-0.2, -0.15) is 12.1 Å². The minimum absolute atomic E-state index is 0. The Bertz CT molecular complexity index is 355. The molecular weight excluding hydrogens is 215 g/mol. The van der Waals surface area contributed by atoms with E-state index < -0.39 is 0 Å². The summed E-state index contributed by atoms with van der Waals surface area (Å²) in [6, 6.07) is 7.71. The molecule has 0 amide bonds. The number of nitrogens with zero attached hydrogens (tertiary/aromatic N) is 3. The maximum absolute atomic E-state index is 3.87. The molecule has 1 heterocycles. The predicted molar refractivity (Wildman–Crippen MR) is 38.3 cm³/mol. The van der Waals surface area contributed by atoms with Crippen LogP contribution in [0.3, 0.4) is 0 Å². The normalized spacial score (nSPS) is 9.45. The Balaban J connectivity index is 0.000000605. The van der Waals surface area contributed by atoms with E-state index in [0.717, 1.165) is 11.0 Å². The first-order chi connectivity index (χ1) is 4.88. The Morgan fingerprint density at radius 2 is 2.00 bits per heavy atom. The van der Waals surface area contributed by atoms with Gasteiger partial charge < -0.3 is 4.68 Å². The van der Waals surface area contributed by atoms with Gasteiger partial charge in [-0.3, -0.25) is 0 Å². The third kappa shape index (κ3) is 1.44. The third-order valence-corrected chi connectivity index (χ3v) is 1.42. The van der Waals surface area contributed by atoms with Gasteiger partial charge in [0.05, 0.1) is 0 Å². The first-order valence-corrected chi connectivity index (χ1v) is 2.99. The molecule has 0 saturated carbocycles. The van der Waals surface area contributed by atoms with Crippen LogP contribution in [0.4, 0.5) is 0 Å². The molecule has 2 rings (SSSR count). The Morgan fingerprint density at radius 1 is 1.27 bits per heavy atom. The van der Waals surface area contributed by atoms with E-state index in [1.807, 2.05) is 24.3 Å². The van der Waals surface area contributed by atoms with Crippen molar-refractivity contribution in [3.63, 3.8) is 0 Å². The zero-order valence-corrected chi connectivity index (χ0v) is 8.77. The standard InChI is InChI=1S/C7H6N3.Y/c1-10-7-5-3-2-4-6(7)8-9-10;/h2-5H,1H2;/q-1;. The van der Waals surface area contributed by atoms with E-state index in [1.54, 1.807) is 0 Å². The summed E-state index contributed by atoms with van der Waals surface area (Å²) in [6.07, 6.45) is 0. The number of aromatic nitrogens is 3. The summed E-state index contributed by atoms with van der Waals surface area (Å²) >= 11 is 0.